The molecule has 1 aromatic carbocycles. The van der Waals surface area contributed by atoms with Gasteiger partial charge in [0.1, 0.15) is 11.6 Å². The highest BCUT2D eigenvalue weighted by Crippen LogP contribution is 2.59. The number of nitrogens with zero attached hydrogens (tertiary/aromatic N) is 1. The van der Waals surface area contributed by atoms with Crippen molar-refractivity contribution >= 4 is 17.7 Å². The van der Waals surface area contributed by atoms with E-state index in [9.17, 15) is 19.5 Å². The minimum atomic E-state index is -1.06. The normalized spacial score (nSPS) is 31.7. The van der Waals surface area contributed by atoms with E-state index in [0.717, 1.165) is 12.0 Å². The molecule has 3 fully saturated rings. The lowest BCUT2D eigenvalue weighted by Gasteiger charge is -2.37. The Hall–Kier alpha value is -2.45. The van der Waals surface area contributed by atoms with Crippen LogP contribution in [-0.4, -0.2) is 64.7 Å². The molecule has 8 heteroatoms. The molecule has 3 aliphatic heterocycles. The maximum absolute atomic E-state index is 13.9. The van der Waals surface area contributed by atoms with Crippen LogP contribution in [0, 0.1) is 11.8 Å². The van der Waals surface area contributed by atoms with E-state index in [1.807, 2.05) is 51.1 Å². The van der Waals surface area contributed by atoms with Gasteiger partial charge in [-0.1, -0.05) is 37.3 Å². The van der Waals surface area contributed by atoms with Crippen LogP contribution in [-0.2, 0) is 19.1 Å². The Morgan fingerprint density at radius 1 is 1.25 bits per heavy atom. The van der Waals surface area contributed by atoms with Crippen LogP contribution >= 0.6 is 0 Å². The molecule has 0 aliphatic carbocycles. The smallest absolute Gasteiger partial charge is 0.246 e. The van der Waals surface area contributed by atoms with Gasteiger partial charge in [-0.2, -0.15) is 0 Å². The molecule has 8 nitrogen and oxygen atoms in total. The fourth-order valence-electron chi connectivity index (χ4n) is 5.79. The summed E-state index contributed by atoms with van der Waals surface area (Å²) in [4.78, 5) is 41.9. The number of ether oxygens (including phenoxy) is 1. The number of aliphatic hydroxyl groups excluding tert-OH is 1. The first-order valence-corrected chi connectivity index (χ1v) is 11.6. The van der Waals surface area contributed by atoms with Crippen LogP contribution in [0.4, 0.5) is 0 Å². The number of aliphatic hydroxyl groups is 1. The Bertz CT molecular complexity index is 876. The van der Waals surface area contributed by atoms with E-state index in [1.165, 1.54) is 4.90 Å². The van der Waals surface area contributed by atoms with Crippen LogP contribution in [0.15, 0.2) is 30.3 Å². The van der Waals surface area contributed by atoms with Crippen molar-refractivity contribution in [1.82, 2.24) is 15.5 Å². The van der Waals surface area contributed by atoms with Gasteiger partial charge in [0.25, 0.3) is 0 Å². The standard InChI is InChI=1S/C24H33N3O5/c1-4-12-25-21(29)18-17-10-11-24(32-17)19(18)23(31)27(20(24)22(30)26-14(2)3)16(13-28)15-8-6-5-7-9-15/h5-9,14,16-20,28H,4,10-13H2,1-3H3,(H,25,29)(H,26,30)/t16-,17-,18+,19+,20?,24?/m1/s1. The van der Waals surface area contributed by atoms with Crippen molar-refractivity contribution in [3.8, 4) is 0 Å². The molecule has 3 N–H and O–H groups in total. The van der Waals surface area contributed by atoms with Gasteiger partial charge in [0.15, 0.2) is 0 Å². The zero-order chi connectivity index (χ0) is 23.0. The second kappa shape index (κ2) is 8.83. The Kier molecular flexibility index (Phi) is 6.27. The van der Waals surface area contributed by atoms with Crippen LogP contribution < -0.4 is 10.6 Å². The van der Waals surface area contributed by atoms with E-state index in [-0.39, 0.29) is 36.5 Å². The van der Waals surface area contributed by atoms with Crippen LogP contribution in [0.25, 0.3) is 0 Å². The minimum Gasteiger partial charge on any atom is -0.394 e. The highest BCUT2D eigenvalue weighted by atomic mass is 16.5. The number of carbonyl (C=O) groups is 3. The molecule has 32 heavy (non-hydrogen) atoms. The lowest BCUT2D eigenvalue weighted by atomic mass is 9.70. The largest absolute Gasteiger partial charge is 0.394 e. The lowest BCUT2D eigenvalue weighted by molar-refractivity contribution is -0.146. The second-order valence-electron chi connectivity index (χ2n) is 9.36. The van der Waals surface area contributed by atoms with Crippen molar-refractivity contribution in [1.29, 1.82) is 0 Å². The SMILES string of the molecule is CCCNC(=O)[C@@H]1[C@H]2C(=O)N([C@H](CO)c3ccccc3)C(C(=O)NC(C)C)C23CC[C@H]1O3. The molecule has 3 heterocycles. The first-order valence-electron chi connectivity index (χ1n) is 11.6. The monoisotopic (exact) mass is 443 g/mol. The van der Waals surface area contributed by atoms with E-state index >= 15 is 0 Å². The van der Waals surface area contributed by atoms with Crippen molar-refractivity contribution in [2.75, 3.05) is 13.2 Å². The molecular weight excluding hydrogens is 410 g/mol. The van der Waals surface area contributed by atoms with Gasteiger partial charge in [0.2, 0.25) is 17.7 Å². The summed E-state index contributed by atoms with van der Waals surface area (Å²) in [7, 11) is 0. The number of amides is 3. The number of nitrogens with one attached hydrogen (secondary N) is 2. The fraction of sp³-hybridized carbons (Fsp3) is 0.625. The minimum absolute atomic E-state index is 0.124. The van der Waals surface area contributed by atoms with Crippen LogP contribution in [0.5, 0.6) is 0 Å². The van der Waals surface area contributed by atoms with Crippen molar-refractivity contribution in [2.24, 2.45) is 11.8 Å². The fourth-order valence-corrected chi connectivity index (χ4v) is 5.79. The third-order valence-corrected chi connectivity index (χ3v) is 6.96. The van der Waals surface area contributed by atoms with Crippen LogP contribution in [0.3, 0.4) is 0 Å². The third kappa shape index (κ3) is 3.49. The van der Waals surface area contributed by atoms with Gasteiger partial charge in [0.05, 0.1) is 30.6 Å². The summed E-state index contributed by atoms with van der Waals surface area (Å²) < 4.78 is 6.38. The van der Waals surface area contributed by atoms with Crippen molar-refractivity contribution in [3.63, 3.8) is 0 Å². The number of rotatable bonds is 8. The molecule has 3 saturated heterocycles. The van der Waals surface area contributed by atoms with Crippen molar-refractivity contribution < 1.29 is 24.2 Å². The van der Waals surface area contributed by atoms with E-state index in [2.05, 4.69) is 10.6 Å². The Labute approximate surface area is 188 Å². The second-order valence-corrected chi connectivity index (χ2v) is 9.36. The summed E-state index contributed by atoms with van der Waals surface area (Å²) in [5, 5.41) is 16.2. The van der Waals surface area contributed by atoms with E-state index in [4.69, 9.17) is 4.74 Å². The zero-order valence-corrected chi connectivity index (χ0v) is 18.9. The van der Waals surface area contributed by atoms with Gasteiger partial charge in [-0.3, -0.25) is 14.4 Å². The molecular formula is C24H33N3O5. The number of fused-ring (bicyclic) bond motifs is 1. The average Bonchev–Trinajstić information content (AvgIpc) is 3.41. The summed E-state index contributed by atoms with van der Waals surface area (Å²) in [6.07, 6.45) is 1.58. The van der Waals surface area contributed by atoms with Gasteiger partial charge < -0.3 is 25.4 Å². The number of hydrogen-bond donors (Lipinski definition) is 3. The summed E-state index contributed by atoms with van der Waals surface area (Å²) in [6, 6.07) is 7.47. The molecule has 6 atom stereocenters. The van der Waals surface area contributed by atoms with Gasteiger partial charge in [-0.25, -0.2) is 0 Å². The predicted octanol–water partition coefficient (Wildman–Crippen LogP) is 1.15. The molecule has 1 spiro atoms. The molecule has 0 saturated carbocycles. The van der Waals surface area contributed by atoms with Crippen LogP contribution in [0.2, 0.25) is 0 Å². The topological polar surface area (TPSA) is 108 Å². The zero-order valence-electron chi connectivity index (χ0n) is 18.9. The maximum atomic E-state index is 13.9. The van der Waals surface area contributed by atoms with Gasteiger partial charge in [-0.05, 0) is 38.7 Å². The summed E-state index contributed by atoms with van der Waals surface area (Å²) in [6.45, 7) is 5.89. The Morgan fingerprint density at radius 3 is 2.59 bits per heavy atom. The Morgan fingerprint density at radius 2 is 1.97 bits per heavy atom. The molecule has 3 amide bonds. The number of likely N-dealkylation sites (tertiary alicyclic amines) is 1. The van der Waals surface area contributed by atoms with Gasteiger partial charge >= 0.3 is 0 Å². The Balaban J connectivity index is 1.77. The lowest BCUT2D eigenvalue weighted by Crippen LogP contribution is -2.57. The number of carbonyl (C=O) groups excluding carboxylic acids is 3. The number of hydrogen-bond acceptors (Lipinski definition) is 5. The molecule has 0 radical (unpaired) electrons. The quantitative estimate of drug-likeness (QED) is 0.559. The molecule has 0 aromatic heterocycles. The average molecular weight is 444 g/mol. The molecule has 3 aliphatic rings. The van der Waals surface area contributed by atoms with Crippen molar-refractivity contribution in [2.45, 2.75) is 69.9 Å². The van der Waals surface area contributed by atoms with E-state index in [0.29, 0.717) is 19.4 Å². The summed E-state index contributed by atoms with van der Waals surface area (Å²) in [5.74, 6) is -2.16. The van der Waals surface area contributed by atoms with Gasteiger partial charge in [0, 0.05) is 12.6 Å². The molecule has 4 rings (SSSR count). The van der Waals surface area contributed by atoms with E-state index < -0.39 is 29.5 Å². The van der Waals surface area contributed by atoms with Crippen molar-refractivity contribution in [3.05, 3.63) is 35.9 Å². The summed E-state index contributed by atoms with van der Waals surface area (Å²) >= 11 is 0. The summed E-state index contributed by atoms with van der Waals surface area (Å²) in [5.41, 5.74) is -0.319. The molecule has 174 valence electrons. The highest BCUT2D eigenvalue weighted by molar-refractivity contribution is 5.99. The third-order valence-electron chi connectivity index (χ3n) is 6.96. The van der Waals surface area contributed by atoms with E-state index in [1.54, 1.807) is 0 Å². The number of benzene rings is 1. The first kappa shape index (κ1) is 22.7. The van der Waals surface area contributed by atoms with Gasteiger partial charge in [-0.15, -0.1) is 0 Å². The van der Waals surface area contributed by atoms with Crippen LogP contribution in [0.1, 0.15) is 51.6 Å². The maximum Gasteiger partial charge on any atom is 0.246 e. The first-order chi connectivity index (χ1) is 15.4. The molecule has 1 aromatic rings. The molecule has 2 unspecified atom stereocenters. The predicted molar refractivity (Wildman–Crippen MR) is 117 cm³/mol. The highest BCUT2D eigenvalue weighted by Gasteiger charge is 2.75. The molecule has 2 bridgehead atoms.